The van der Waals surface area contributed by atoms with E-state index in [1.54, 1.807) is 12.1 Å². The van der Waals surface area contributed by atoms with Crippen LogP contribution < -0.4 is 10.1 Å². The highest BCUT2D eigenvalue weighted by Crippen LogP contribution is 2.28. The van der Waals surface area contributed by atoms with Gasteiger partial charge in [-0.25, -0.2) is 4.79 Å². The molecule has 21 heavy (non-hydrogen) atoms. The van der Waals surface area contributed by atoms with Gasteiger partial charge >= 0.3 is 5.97 Å². The first-order valence-corrected chi connectivity index (χ1v) is 7.29. The van der Waals surface area contributed by atoms with Crippen molar-refractivity contribution in [2.24, 2.45) is 5.92 Å². The van der Waals surface area contributed by atoms with Gasteiger partial charge in [0.25, 0.3) is 0 Å². The number of carbonyl (C=O) groups is 2. The zero-order chi connectivity index (χ0) is 15.4. The van der Waals surface area contributed by atoms with Gasteiger partial charge in [-0.05, 0) is 29.2 Å². The van der Waals surface area contributed by atoms with Crippen LogP contribution in [-0.2, 0) is 16.0 Å². The second-order valence-electron chi connectivity index (χ2n) is 5.52. The van der Waals surface area contributed by atoms with Gasteiger partial charge in [0.05, 0.1) is 6.61 Å². The Morgan fingerprint density at radius 3 is 2.86 bits per heavy atom. The molecule has 2 unspecified atom stereocenters. The first-order chi connectivity index (χ1) is 10.0. The van der Waals surface area contributed by atoms with Crippen LogP contribution in [-0.4, -0.2) is 23.6 Å². The summed E-state index contributed by atoms with van der Waals surface area (Å²) in [6.45, 7) is 4.60. The third-order valence-electron chi connectivity index (χ3n) is 3.83. The van der Waals surface area contributed by atoms with E-state index in [0.717, 1.165) is 24.2 Å². The number of carboxylic acids is 1. The van der Waals surface area contributed by atoms with E-state index in [-0.39, 0.29) is 11.8 Å². The topological polar surface area (TPSA) is 75.6 Å². The van der Waals surface area contributed by atoms with E-state index in [9.17, 15) is 14.7 Å². The van der Waals surface area contributed by atoms with Crippen LogP contribution in [0.3, 0.4) is 0 Å². The van der Waals surface area contributed by atoms with Crippen LogP contribution >= 0.6 is 0 Å². The Morgan fingerprint density at radius 2 is 2.19 bits per heavy atom. The molecule has 1 aromatic carbocycles. The van der Waals surface area contributed by atoms with Crippen molar-refractivity contribution in [2.45, 2.75) is 39.2 Å². The van der Waals surface area contributed by atoms with Gasteiger partial charge in [-0.15, -0.1) is 0 Å². The molecule has 5 nitrogen and oxygen atoms in total. The molecule has 114 valence electrons. The highest BCUT2D eigenvalue weighted by atomic mass is 16.5. The molecule has 5 heteroatoms. The smallest absolute Gasteiger partial charge is 0.330 e. The first kappa shape index (κ1) is 15.4. The van der Waals surface area contributed by atoms with Gasteiger partial charge in [0, 0.05) is 12.8 Å². The fraction of sp³-hybridized carbons (Fsp3) is 0.500. The molecule has 0 spiro atoms. The summed E-state index contributed by atoms with van der Waals surface area (Å²) in [6.07, 6.45) is 2.01. The number of rotatable bonds is 6. The molecule has 1 amide bonds. The molecular formula is C16H21NO4. The van der Waals surface area contributed by atoms with Crippen molar-refractivity contribution < 1.29 is 19.4 Å². The van der Waals surface area contributed by atoms with Gasteiger partial charge in [-0.3, -0.25) is 4.79 Å². The van der Waals surface area contributed by atoms with Crippen molar-refractivity contribution in [3.8, 4) is 5.75 Å². The summed E-state index contributed by atoms with van der Waals surface area (Å²) in [5.74, 6) is -0.235. The normalized spacial score (nSPS) is 15.7. The van der Waals surface area contributed by atoms with Gasteiger partial charge in [-0.1, -0.05) is 26.3 Å². The van der Waals surface area contributed by atoms with Crippen molar-refractivity contribution in [1.82, 2.24) is 5.32 Å². The lowest BCUT2D eigenvalue weighted by molar-refractivity contribution is -0.142. The number of hydrogen-bond acceptors (Lipinski definition) is 3. The van der Waals surface area contributed by atoms with Gasteiger partial charge in [0.1, 0.15) is 5.75 Å². The second-order valence-corrected chi connectivity index (χ2v) is 5.52. The number of fused-ring (bicyclic) bond motifs is 1. The summed E-state index contributed by atoms with van der Waals surface area (Å²) < 4.78 is 5.41. The highest BCUT2D eigenvalue weighted by molar-refractivity contribution is 5.84. The van der Waals surface area contributed by atoms with Gasteiger partial charge in [-0.2, -0.15) is 0 Å². The van der Waals surface area contributed by atoms with E-state index in [1.807, 2.05) is 19.9 Å². The number of benzene rings is 1. The molecule has 0 aliphatic carbocycles. The van der Waals surface area contributed by atoms with E-state index in [1.165, 1.54) is 0 Å². The quantitative estimate of drug-likeness (QED) is 0.843. The lowest BCUT2D eigenvalue weighted by atomic mass is 10.0. The molecule has 1 heterocycles. The van der Waals surface area contributed by atoms with Crippen molar-refractivity contribution in [1.29, 1.82) is 0 Å². The maximum absolute atomic E-state index is 11.9. The molecule has 0 fully saturated rings. The molecule has 0 radical (unpaired) electrons. The molecule has 1 aromatic rings. The van der Waals surface area contributed by atoms with E-state index in [4.69, 9.17) is 4.74 Å². The molecule has 1 aliphatic rings. The molecule has 0 bridgehead atoms. The van der Waals surface area contributed by atoms with Crippen LogP contribution in [0.2, 0.25) is 0 Å². The van der Waals surface area contributed by atoms with Crippen molar-refractivity contribution >= 4 is 11.9 Å². The summed E-state index contributed by atoms with van der Waals surface area (Å²) in [6, 6.07) is 4.28. The number of aliphatic carboxylic acids is 1. The minimum atomic E-state index is -1.05. The molecule has 2 rings (SSSR count). The number of carbonyl (C=O) groups excluding carboxylic acids is 1. The van der Waals surface area contributed by atoms with Crippen molar-refractivity contribution in [2.75, 3.05) is 6.61 Å². The van der Waals surface area contributed by atoms with Crippen molar-refractivity contribution in [3.05, 3.63) is 29.3 Å². The lowest BCUT2D eigenvalue weighted by Gasteiger charge is -2.17. The Morgan fingerprint density at radius 1 is 1.43 bits per heavy atom. The van der Waals surface area contributed by atoms with Crippen LogP contribution in [0.15, 0.2) is 18.2 Å². The van der Waals surface area contributed by atoms with Gasteiger partial charge in [0.15, 0.2) is 6.04 Å². The largest absolute Gasteiger partial charge is 0.493 e. The molecule has 1 aliphatic heterocycles. The van der Waals surface area contributed by atoms with Crippen LogP contribution in [0.4, 0.5) is 0 Å². The highest BCUT2D eigenvalue weighted by Gasteiger charge is 2.24. The number of nitrogens with one attached hydrogen (secondary N) is 1. The average Bonchev–Trinajstić information content (AvgIpc) is 2.91. The van der Waals surface area contributed by atoms with Gasteiger partial charge < -0.3 is 15.2 Å². The predicted molar refractivity (Wildman–Crippen MR) is 78.2 cm³/mol. The third kappa shape index (κ3) is 3.74. The Kier molecular flexibility index (Phi) is 4.83. The van der Waals surface area contributed by atoms with Gasteiger partial charge in [0.2, 0.25) is 5.91 Å². The zero-order valence-corrected chi connectivity index (χ0v) is 12.4. The molecular weight excluding hydrogens is 270 g/mol. The Balaban J connectivity index is 2.12. The zero-order valence-electron chi connectivity index (χ0n) is 12.4. The summed E-state index contributed by atoms with van der Waals surface area (Å²) in [7, 11) is 0. The van der Waals surface area contributed by atoms with E-state index < -0.39 is 12.0 Å². The van der Waals surface area contributed by atoms with E-state index in [0.29, 0.717) is 18.6 Å². The van der Waals surface area contributed by atoms with Crippen molar-refractivity contribution in [3.63, 3.8) is 0 Å². The standard InChI is InChI=1S/C16H21NO4/c1-3-10(2)8-14(18)17-15(16(19)20)12-4-5-13-11(9-12)6-7-21-13/h4-5,9-10,15H,3,6-8H2,1-2H3,(H,17,18)(H,19,20). The van der Waals surface area contributed by atoms with Crippen LogP contribution in [0, 0.1) is 5.92 Å². The number of amides is 1. The molecule has 0 saturated carbocycles. The Labute approximate surface area is 124 Å². The minimum Gasteiger partial charge on any atom is -0.493 e. The third-order valence-corrected chi connectivity index (χ3v) is 3.83. The van der Waals surface area contributed by atoms with Crippen LogP contribution in [0.5, 0.6) is 5.75 Å². The number of carboxylic acid groups (broad SMARTS) is 1. The van der Waals surface area contributed by atoms with E-state index >= 15 is 0 Å². The maximum atomic E-state index is 11.9. The van der Waals surface area contributed by atoms with Crippen LogP contribution in [0.1, 0.15) is 43.9 Å². The first-order valence-electron chi connectivity index (χ1n) is 7.29. The predicted octanol–water partition coefficient (Wildman–Crippen LogP) is 2.30. The minimum absolute atomic E-state index is 0.228. The SMILES string of the molecule is CCC(C)CC(=O)NC(C(=O)O)c1ccc2c(c1)CCO2. The molecule has 2 N–H and O–H groups in total. The van der Waals surface area contributed by atoms with E-state index in [2.05, 4.69) is 5.32 Å². The summed E-state index contributed by atoms with van der Waals surface area (Å²) in [5, 5.41) is 12.0. The second kappa shape index (κ2) is 6.61. The average molecular weight is 291 g/mol. The fourth-order valence-corrected chi connectivity index (χ4v) is 2.35. The number of ether oxygens (including phenoxy) is 1. The lowest BCUT2D eigenvalue weighted by Crippen LogP contribution is -2.34. The Hall–Kier alpha value is -2.04. The molecule has 0 aromatic heterocycles. The Bertz CT molecular complexity index is 541. The summed E-state index contributed by atoms with van der Waals surface area (Å²) in [5.41, 5.74) is 1.58. The molecule has 2 atom stereocenters. The summed E-state index contributed by atoms with van der Waals surface area (Å²) >= 11 is 0. The monoisotopic (exact) mass is 291 g/mol. The summed E-state index contributed by atoms with van der Waals surface area (Å²) in [4.78, 5) is 23.4. The molecule has 0 saturated heterocycles. The van der Waals surface area contributed by atoms with Crippen LogP contribution in [0.25, 0.3) is 0 Å². The fourth-order valence-electron chi connectivity index (χ4n) is 2.35. The number of hydrogen-bond donors (Lipinski definition) is 2. The maximum Gasteiger partial charge on any atom is 0.330 e.